The Morgan fingerprint density at radius 3 is 2.18 bits per heavy atom. The zero-order chi connectivity index (χ0) is 13.3. The molecule has 0 aromatic carbocycles. The van der Waals surface area contributed by atoms with Crippen LogP contribution in [0, 0.1) is 0 Å². The third-order valence-electron chi connectivity index (χ3n) is 2.82. The SMILES string of the molecule is CCCOCCC(=O)NC(CC)(CC)C(=O)O. The topological polar surface area (TPSA) is 75.6 Å². The van der Waals surface area contributed by atoms with E-state index >= 15 is 0 Å². The maximum Gasteiger partial charge on any atom is 0.329 e. The number of nitrogens with one attached hydrogen (secondary N) is 1. The first kappa shape index (κ1) is 15.9. The Bertz CT molecular complexity index is 249. The number of carbonyl (C=O) groups excluding carboxylic acids is 1. The van der Waals surface area contributed by atoms with Crippen molar-refractivity contribution in [2.24, 2.45) is 0 Å². The number of carboxylic acid groups (broad SMARTS) is 1. The van der Waals surface area contributed by atoms with Crippen molar-refractivity contribution in [1.82, 2.24) is 5.32 Å². The highest BCUT2D eigenvalue weighted by atomic mass is 16.5. The van der Waals surface area contributed by atoms with Crippen molar-refractivity contribution in [3.63, 3.8) is 0 Å². The first-order valence-electron chi connectivity index (χ1n) is 6.14. The van der Waals surface area contributed by atoms with Gasteiger partial charge in [-0.3, -0.25) is 4.79 Å². The molecule has 5 heteroatoms. The van der Waals surface area contributed by atoms with Crippen LogP contribution in [0.1, 0.15) is 46.5 Å². The fraction of sp³-hybridized carbons (Fsp3) is 0.833. The van der Waals surface area contributed by atoms with Gasteiger partial charge in [0.15, 0.2) is 0 Å². The molecule has 0 saturated carbocycles. The Balaban J connectivity index is 4.18. The lowest BCUT2D eigenvalue weighted by Gasteiger charge is -2.28. The third-order valence-corrected chi connectivity index (χ3v) is 2.82. The van der Waals surface area contributed by atoms with E-state index in [0.717, 1.165) is 6.42 Å². The number of carbonyl (C=O) groups is 2. The Hall–Kier alpha value is -1.10. The summed E-state index contributed by atoms with van der Waals surface area (Å²) in [6.45, 7) is 6.46. The van der Waals surface area contributed by atoms with Crippen LogP contribution in [0.25, 0.3) is 0 Å². The second kappa shape index (κ2) is 8.06. The molecule has 0 fully saturated rings. The molecule has 17 heavy (non-hydrogen) atoms. The number of carboxylic acids is 1. The van der Waals surface area contributed by atoms with Gasteiger partial charge in [0.2, 0.25) is 5.91 Å². The minimum atomic E-state index is -1.14. The lowest BCUT2D eigenvalue weighted by molar-refractivity contribution is -0.148. The van der Waals surface area contributed by atoms with Crippen molar-refractivity contribution in [2.75, 3.05) is 13.2 Å². The van der Waals surface area contributed by atoms with Crippen LogP contribution in [0.2, 0.25) is 0 Å². The molecule has 0 unspecified atom stereocenters. The van der Waals surface area contributed by atoms with Crippen LogP contribution < -0.4 is 5.32 Å². The molecule has 0 saturated heterocycles. The molecule has 0 radical (unpaired) electrons. The highest BCUT2D eigenvalue weighted by Gasteiger charge is 2.36. The summed E-state index contributed by atoms with van der Waals surface area (Å²) < 4.78 is 5.19. The van der Waals surface area contributed by atoms with Crippen LogP contribution in [0.15, 0.2) is 0 Å². The average molecular weight is 245 g/mol. The summed E-state index contributed by atoms with van der Waals surface area (Å²) in [5.41, 5.74) is -1.14. The van der Waals surface area contributed by atoms with Gasteiger partial charge in [-0.05, 0) is 19.3 Å². The maximum atomic E-state index is 11.6. The van der Waals surface area contributed by atoms with Gasteiger partial charge in [-0.15, -0.1) is 0 Å². The van der Waals surface area contributed by atoms with Crippen molar-refractivity contribution in [3.05, 3.63) is 0 Å². The third kappa shape index (κ3) is 5.17. The lowest BCUT2D eigenvalue weighted by Crippen LogP contribution is -2.53. The van der Waals surface area contributed by atoms with Crippen LogP contribution in [-0.2, 0) is 14.3 Å². The largest absolute Gasteiger partial charge is 0.480 e. The highest BCUT2D eigenvalue weighted by molar-refractivity contribution is 5.86. The molecule has 0 atom stereocenters. The van der Waals surface area contributed by atoms with Crippen LogP contribution in [0.5, 0.6) is 0 Å². The predicted molar refractivity (Wildman–Crippen MR) is 64.8 cm³/mol. The van der Waals surface area contributed by atoms with Gasteiger partial charge in [0.1, 0.15) is 5.54 Å². The molecule has 0 bridgehead atoms. The Morgan fingerprint density at radius 1 is 1.18 bits per heavy atom. The van der Waals surface area contributed by atoms with Gasteiger partial charge >= 0.3 is 5.97 Å². The Labute approximate surface area is 103 Å². The monoisotopic (exact) mass is 245 g/mol. The quantitative estimate of drug-likeness (QED) is 0.604. The van der Waals surface area contributed by atoms with Crippen molar-refractivity contribution in [3.8, 4) is 0 Å². The summed E-state index contributed by atoms with van der Waals surface area (Å²) in [7, 11) is 0. The summed E-state index contributed by atoms with van der Waals surface area (Å²) in [4.78, 5) is 22.7. The van der Waals surface area contributed by atoms with E-state index in [2.05, 4.69) is 5.32 Å². The van der Waals surface area contributed by atoms with Gasteiger partial charge in [-0.2, -0.15) is 0 Å². The molecule has 0 aromatic rings. The zero-order valence-corrected chi connectivity index (χ0v) is 10.9. The predicted octanol–water partition coefficient (Wildman–Crippen LogP) is 1.56. The standard InChI is InChI=1S/C12H23NO4/c1-4-8-17-9-7-10(14)13-12(5-2,6-3)11(15)16/h4-9H2,1-3H3,(H,13,14)(H,15,16). The van der Waals surface area contributed by atoms with E-state index in [1.54, 1.807) is 13.8 Å². The van der Waals surface area contributed by atoms with Crippen molar-refractivity contribution in [2.45, 2.75) is 52.0 Å². The molecule has 0 rings (SSSR count). The van der Waals surface area contributed by atoms with E-state index in [4.69, 9.17) is 9.84 Å². The molecule has 100 valence electrons. The average Bonchev–Trinajstić information content (AvgIpc) is 2.31. The fourth-order valence-electron chi connectivity index (χ4n) is 1.52. The molecule has 2 N–H and O–H groups in total. The highest BCUT2D eigenvalue weighted by Crippen LogP contribution is 2.15. The van der Waals surface area contributed by atoms with E-state index in [9.17, 15) is 9.59 Å². The van der Waals surface area contributed by atoms with Crippen LogP contribution in [0.3, 0.4) is 0 Å². The molecular formula is C12H23NO4. The van der Waals surface area contributed by atoms with E-state index in [-0.39, 0.29) is 12.3 Å². The van der Waals surface area contributed by atoms with Crippen LogP contribution >= 0.6 is 0 Å². The molecule has 0 heterocycles. The minimum Gasteiger partial charge on any atom is -0.480 e. The number of aliphatic carboxylic acids is 1. The number of amides is 1. The van der Waals surface area contributed by atoms with E-state index < -0.39 is 11.5 Å². The summed E-state index contributed by atoms with van der Waals surface area (Å²) >= 11 is 0. The second-order valence-electron chi connectivity index (χ2n) is 4.00. The fourth-order valence-corrected chi connectivity index (χ4v) is 1.52. The Kier molecular flexibility index (Phi) is 7.54. The maximum absolute atomic E-state index is 11.6. The van der Waals surface area contributed by atoms with Gasteiger partial charge < -0.3 is 15.2 Å². The van der Waals surface area contributed by atoms with Crippen molar-refractivity contribution in [1.29, 1.82) is 0 Å². The summed E-state index contributed by atoms with van der Waals surface area (Å²) in [5, 5.41) is 11.7. The summed E-state index contributed by atoms with van der Waals surface area (Å²) in [6, 6.07) is 0. The normalized spacial score (nSPS) is 11.2. The second-order valence-corrected chi connectivity index (χ2v) is 4.00. The molecule has 0 spiro atoms. The summed E-state index contributed by atoms with van der Waals surface area (Å²) in [5.74, 6) is -1.25. The smallest absolute Gasteiger partial charge is 0.329 e. The lowest BCUT2D eigenvalue weighted by atomic mass is 9.93. The van der Waals surface area contributed by atoms with E-state index in [1.807, 2.05) is 6.92 Å². The number of hydrogen-bond donors (Lipinski definition) is 2. The molecule has 0 aliphatic carbocycles. The van der Waals surface area contributed by atoms with E-state index in [1.165, 1.54) is 0 Å². The number of rotatable bonds is 9. The number of hydrogen-bond acceptors (Lipinski definition) is 3. The summed E-state index contributed by atoms with van der Waals surface area (Å²) in [6.07, 6.45) is 1.86. The van der Waals surface area contributed by atoms with Crippen molar-refractivity contribution < 1.29 is 19.4 Å². The first-order chi connectivity index (χ1) is 8.02. The Morgan fingerprint density at radius 2 is 1.76 bits per heavy atom. The van der Waals surface area contributed by atoms with Gasteiger partial charge in [0.05, 0.1) is 6.61 Å². The molecule has 0 aliphatic heterocycles. The molecule has 5 nitrogen and oxygen atoms in total. The van der Waals surface area contributed by atoms with Crippen molar-refractivity contribution >= 4 is 11.9 Å². The zero-order valence-electron chi connectivity index (χ0n) is 10.9. The van der Waals surface area contributed by atoms with E-state index in [0.29, 0.717) is 26.1 Å². The van der Waals surface area contributed by atoms with Gasteiger partial charge in [0.25, 0.3) is 0 Å². The molecular weight excluding hydrogens is 222 g/mol. The van der Waals surface area contributed by atoms with Crippen LogP contribution in [-0.4, -0.2) is 35.7 Å². The first-order valence-corrected chi connectivity index (χ1v) is 6.14. The molecule has 1 amide bonds. The molecule has 0 aromatic heterocycles. The van der Waals surface area contributed by atoms with Gasteiger partial charge in [0, 0.05) is 13.0 Å². The number of ether oxygens (including phenoxy) is 1. The van der Waals surface area contributed by atoms with Gasteiger partial charge in [-0.25, -0.2) is 4.79 Å². The molecule has 0 aliphatic rings. The van der Waals surface area contributed by atoms with Gasteiger partial charge in [-0.1, -0.05) is 20.8 Å². The van der Waals surface area contributed by atoms with Crippen LogP contribution in [0.4, 0.5) is 0 Å². The minimum absolute atomic E-state index is 0.203.